The molecular weight excluding hydrogens is 140 g/mol. The Morgan fingerprint density at radius 3 is 3.00 bits per heavy atom. The zero-order chi connectivity index (χ0) is 8.06. The fraction of sp³-hybridized carbons (Fsp3) is 0.889. The monoisotopic (exact) mass is 154 g/mol. The number of carbonyl (C=O) groups is 1. The molecule has 11 heavy (non-hydrogen) atoms. The molecule has 0 N–H and O–H groups in total. The number of hydrogen-bond acceptors (Lipinski definition) is 2. The molecule has 1 saturated carbocycles. The molecular formula is C9H14O2. The van der Waals surface area contributed by atoms with Gasteiger partial charge in [0.1, 0.15) is 6.10 Å². The molecule has 2 aliphatic rings. The summed E-state index contributed by atoms with van der Waals surface area (Å²) in [6.07, 6.45) is 3.34. The molecule has 0 aromatic carbocycles. The first-order valence-corrected chi connectivity index (χ1v) is 4.33. The molecule has 2 heteroatoms. The Morgan fingerprint density at radius 1 is 1.64 bits per heavy atom. The molecule has 1 saturated heterocycles. The Labute approximate surface area is 66.9 Å². The molecule has 1 aliphatic carbocycles. The van der Waals surface area contributed by atoms with Crippen LogP contribution in [-0.4, -0.2) is 12.1 Å². The van der Waals surface area contributed by atoms with Crippen LogP contribution in [0, 0.1) is 11.3 Å². The minimum absolute atomic E-state index is 0.0341. The van der Waals surface area contributed by atoms with Crippen molar-refractivity contribution >= 4 is 5.97 Å². The van der Waals surface area contributed by atoms with Crippen LogP contribution in [-0.2, 0) is 9.53 Å². The summed E-state index contributed by atoms with van der Waals surface area (Å²) >= 11 is 0. The van der Waals surface area contributed by atoms with E-state index in [9.17, 15) is 4.79 Å². The fourth-order valence-electron chi connectivity index (χ4n) is 2.10. The fourth-order valence-corrected chi connectivity index (χ4v) is 2.10. The number of carbonyl (C=O) groups excluding carboxylic acids is 1. The van der Waals surface area contributed by atoms with Crippen molar-refractivity contribution in [2.75, 3.05) is 0 Å². The van der Waals surface area contributed by atoms with Gasteiger partial charge in [-0.25, -0.2) is 0 Å². The van der Waals surface area contributed by atoms with Crippen molar-refractivity contribution in [3.63, 3.8) is 0 Å². The van der Waals surface area contributed by atoms with Gasteiger partial charge < -0.3 is 4.74 Å². The molecule has 3 atom stereocenters. The summed E-state index contributed by atoms with van der Waals surface area (Å²) in [5.41, 5.74) is -0.128. The van der Waals surface area contributed by atoms with E-state index in [4.69, 9.17) is 4.74 Å². The summed E-state index contributed by atoms with van der Waals surface area (Å²) < 4.78 is 5.26. The second-order valence-electron chi connectivity index (χ2n) is 4.22. The van der Waals surface area contributed by atoms with E-state index in [1.807, 2.05) is 6.92 Å². The smallest absolute Gasteiger partial charge is 0.312 e. The number of esters is 1. The van der Waals surface area contributed by atoms with E-state index in [1.54, 1.807) is 0 Å². The van der Waals surface area contributed by atoms with Crippen LogP contribution in [0.5, 0.6) is 0 Å². The van der Waals surface area contributed by atoms with Crippen LogP contribution >= 0.6 is 0 Å². The SMILES string of the molecule is CC1CCC2(C)CC1OC2=O. The average Bonchev–Trinajstić information content (AvgIpc) is 2.20. The van der Waals surface area contributed by atoms with E-state index in [1.165, 1.54) is 0 Å². The van der Waals surface area contributed by atoms with Crippen LogP contribution in [0.25, 0.3) is 0 Å². The molecule has 0 radical (unpaired) electrons. The summed E-state index contributed by atoms with van der Waals surface area (Å²) in [6, 6.07) is 0. The van der Waals surface area contributed by atoms with Crippen LogP contribution in [0.3, 0.4) is 0 Å². The summed E-state index contributed by atoms with van der Waals surface area (Å²) in [4.78, 5) is 11.3. The summed E-state index contributed by atoms with van der Waals surface area (Å²) in [5.74, 6) is 0.612. The van der Waals surface area contributed by atoms with Gasteiger partial charge in [-0.05, 0) is 25.7 Å². The van der Waals surface area contributed by atoms with Gasteiger partial charge >= 0.3 is 5.97 Å². The van der Waals surface area contributed by atoms with Crippen LogP contribution in [0.4, 0.5) is 0 Å². The number of hydrogen-bond donors (Lipinski definition) is 0. The zero-order valence-electron chi connectivity index (χ0n) is 7.09. The Morgan fingerprint density at radius 2 is 2.36 bits per heavy atom. The van der Waals surface area contributed by atoms with Crippen LogP contribution in [0.15, 0.2) is 0 Å². The maximum absolute atomic E-state index is 11.3. The van der Waals surface area contributed by atoms with Gasteiger partial charge in [-0.3, -0.25) is 4.79 Å². The van der Waals surface area contributed by atoms with Crippen LogP contribution in [0.2, 0.25) is 0 Å². The molecule has 2 nitrogen and oxygen atoms in total. The molecule has 2 rings (SSSR count). The Kier molecular flexibility index (Phi) is 1.29. The van der Waals surface area contributed by atoms with E-state index < -0.39 is 0 Å². The maximum atomic E-state index is 11.3. The van der Waals surface area contributed by atoms with Gasteiger partial charge in [-0.15, -0.1) is 0 Å². The lowest BCUT2D eigenvalue weighted by Crippen LogP contribution is -2.27. The second-order valence-corrected chi connectivity index (χ2v) is 4.22. The highest BCUT2D eigenvalue weighted by Crippen LogP contribution is 2.46. The Bertz CT molecular complexity index is 200. The molecule has 62 valence electrons. The predicted octanol–water partition coefficient (Wildman–Crippen LogP) is 1.74. The van der Waals surface area contributed by atoms with Crippen molar-refractivity contribution in [2.45, 2.75) is 39.2 Å². The van der Waals surface area contributed by atoms with Gasteiger partial charge in [0, 0.05) is 6.42 Å². The molecule has 1 heterocycles. The third kappa shape index (κ3) is 0.883. The van der Waals surface area contributed by atoms with Crippen LogP contribution in [0.1, 0.15) is 33.1 Å². The molecule has 0 amide bonds. The van der Waals surface area contributed by atoms with Crippen molar-refractivity contribution in [1.82, 2.24) is 0 Å². The largest absolute Gasteiger partial charge is 0.462 e. The van der Waals surface area contributed by atoms with E-state index in [2.05, 4.69) is 6.92 Å². The molecule has 0 spiro atoms. The maximum Gasteiger partial charge on any atom is 0.312 e. The molecule has 1 aliphatic heterocycles. The topological polar surface area (TPSA) is 26.3 Å². The van der Waals surface area contributed by atoms with Crippen molar-refractivity contribution in [1.29, 1.82) is 0 Å². The first kappa shape index (κ1) is 7.14. The lowest BCUT2D eigenvalue weighted by Gasteiger charge is -2.27. The van der Waals surface area contributed by atoms with Gasteiger partial charge in [0.05, 0.1) is 5.41 Å². The summed E-state index contributed by atoms with van der Waals surface area (Å²) in [6.45, 7) is 4.20. The number of rotatable bonds is 0. The standard InChI is InChI=1S/C9H14O2/c1-6-3-4-9(2)5-7(6)11-8(9)10/h6-7H,3-5H2,1-2H3. The van der Waals surface area contributed by atoms with Gasteiger partial charge in [0.2, 0.25) is 0 Å². The minimum atomic E-state index is -0.128. The highest BCUT2D eigenvalue weighted by atomic mass is 16.6. The molecule has 2 bridgehead atoms. The number of ether oxygens (including phenoxy) is 1. The molecule has 2 fully saturated rings. The second kappa shape index (κ2) is 1.99. The van der Waals surface area contributed by atoms with Gasteiger partial charge in [0.25, 0.3) is 0 Å². The first-order chi connectivity index (χ1) is 5.12. The van der Waals surface area contributed by atoms with E-state index >= 15 is 0 Å². The molecule has 0 aromatic heterocycles. The Balaban J connectivity index is 2.24. The molecule has 3 unspecified atom stereocenters. The van der Waals surface area contributed by atoms with Gasteiger partial charge in [0.15, 0.2) is 0 Å². The van der Waals surface area contributed by atoms with Crippen molar-refractivity contribution in [2.24, 2.45) is 11.3 Å². The van der Waals surface area contributed by atoms with Crippen molar-refractivity contribution in [3.8, 4) is 0 Å². The minimum Gasteiger partial charge on any atom is -0.462 e. The summed E-state index contributed by atoms with van der Waals surface area (Å²) in [5, 5.41) is 0. The van der Waals surface area contributed by atoms with Crippen LogP contribution < -0.4 is 0 Å². The predicted molar refractivity (Wildman–Crippen MR) is 41.0 cm³/mol. The molecule has 0 aromatic rings. The summed E-state index contributed by atoms with van der Waals surface area (Å²) in [7, 11) is 0. The van der Waals surface area contributed by atoms with Crippen molar-refractivity contribution < 1.29 is 9.53 Å². The Hall–Kier alpha value is -0.530. The normalized spacial score (nSPS) is 49.1. The van der Waals surface area contributed by atoms with Gasteiger partial charge in [-0.2, -0.15) is 0 Å². The van der Waals surface area contributed by atoms with E-state index in [0.29, 0.717) is 5.92 Å². The quantitative estimate of drug-likeness (QED) is 0.497. The highest BCUT2D eigenvalue weighted by molar-refractivity contribution is 5.79. The lowest BCUT2D eigenvalue weighted by atomic mass is 9.73. The van der Waals surface area contributed by atoms with E-state index in [0.717, 1.165) is 19.3 Å². The lowest BCUT2D eigenvalue weighted by molar-refractivity contribution is -0.147. The van der Waals surface area contributed by atoms with Crippen molar-refractivity contribution in [3.05, 3.63) is 0 Å². The number of fused-ring (bicyclic) bond motifs is 2. The average molecular weight is 154 g/mol. The first-order valence-electron chi connectivity index (χ1n) is 4.33. The van der Waals surface area contributed by atoms with Gasteiger partial charge in [-0.1, -0.05) is 6.92 Å². The van der Waals surface area contributed by atoms with E-state index in [-0.39, 0.29) is 17.5 Å². The third-order valence-electron chi connectivity index (χ3n) is 3.19. The highest BCUT2D eigenvalue weighted by Gasteiger charge is 2.50. The third-order valence-corrected chi connectivity index (χ3v) is 3.19. The zero-order valence-corrected chi connectivity index (χ0v) is 7.09.